The molecule has 0 bridgehead atoms. The van der Waals surface area contributed by atoms with Gasteiger partial charge in [0.1, 0.15) is 16.3 Å². The van der Waals surface area contributed by atoms with E-state index in [2.05, 4.69) is 20.1 Å². The van der Waals surface area contributed by atoms with Crippen molar-refractivity contribution in [2.24, 2.45) is 0 Å². The molecule has 0 radical (unpaired) electrons. The number of hydrogen-bond acceptors (Lipinski definition) is 6. The van der Waals surface area contributed by atoms with Crippen LogP contribution in [-0.2, 0) is 13.0 Å². The number of fused-ring (bicyclic) bond motifs is 2. The first-order valence-electron chi connectivity index (χ1n) is 7.41. The summed E-state index contributed by atoms with van der Waals surface area (Å²) in [5, 5.41) is 5.09. The molecule has 4 aromatic rings. The predicted octanol–water partition coefficient (Wildman–Crippen LogP) is 2.55. The van der Waals surface area contributed by atoms with E-state index < -0.39 is 0 Å². The molecule has 3 heterocycles. The van der Waals surface area contributed by atoms with Crippen molar-refractivity contribution < 1.29 is 4.39 Å². The highest BCUT2D eigenvalue weighted by Gasteiger charge is 2.13. The van der Waals surface area contributed by atoms with E-state index in [1.807, 2.05) is 6.92 Å². The fourth-order valence-electron chi connectivity index (χ4n) is 2.56. The number of aromatic nitrogens is 5. The molecule has 24 heavy (non-hydrogen) atoms. The summed E-state index contributed by atoms with van der Waals surface area (Å²) in [4.78, 5) is 25.3. The van der Waals surface area contributed by atoms with Crippen LogP contribution in [0, 0.1) is 5.82 Å². The Morgan fingerprint density at radius 2 is 2.00 bits per heavy atom. The topological polar surface area (TPSA) is 73.6 Å². The Hall–Kier alpha value is -2.74. The first-order chi connectivity index (χ1) is 11.7. The molecule has 0 saturated carbocycles. The minimum absolute atomic E-state index is 0.222. The highest BCUT2D eigenvalue weighted by molar-refractivity contribution is 7.18. The minimum Gasteiger partial charge on any atom is -0.265 e. The Kier molecular flexibility index (Phi) is 3.53. The van der Waals surface area contributed by atoms with Gasteiger partial charge in [-0.15, -0.1) is 11.3 Å². The highest BCUT2D eigenvalue weighted by atomic mass is 32.1. The molecule has 0 aliphatic carbocycles. The lowest BCUT2D eigenvalue weighted by molar-refractivity contribution is 0.625. The Morgan fingerprint density at radius 3 is 2.79 bits per heavy atom. The smallest absolute Gasteiger partial charge is 0.265 e. The van der Waals surface area contributed by atoms with Crippen molar-refractivity contribution in [2.45, 2.75) is 19.9 Å². The largest absolute Gasteiger partial charge is 0.295 e. The number of thiazole rings is 1. The number of halogens is 1. The van der Waals surface area contributed by atoms with Crippen LogP contribution in [0.25, 0.3) is 21.3 Å². The van der Waals surface area contributed by atoms with Gasteiger partial charge in [0.15, 0.2) is 5.52 Å². The monoisotopic (exact) mass is 341 g/mol. The van der Waals surface area contributed by atoms with E-state index in [1.165, 1.54) is 34.3 Å². The van der Waals surface area contributed by atoms with Gasteiger partial charge in [-0.25, -0.2) is 19.0 Å². The summed E-state index contributed by atoms with van der Waals surface area (Å²) in [5.74, 6) is -0.330. The second-order valence-electron chi connectivity index (χ2n) is 5.24. The zero-order chi connectivity index (χ0) is 16.7. The molecule has 4 rings (SSSR count). The van der Waals surface area contributed by atoms with Gasteiger partial charge < -0.3 is 0 Å². The first kappa shape index (κ1) is 14.8. The molecule has 0 spiro atoms. The van der Waals surface area contributed by atoms with E-state index in [4.69, 9.17) is 0 Å². The second kappa shape index (κ2) is 5.72. The minimum atomic E-state index is -0.330. The van der Waals surface area contributed by atoms with Crippen LogP contribution in [0.3, 0.4) is 0 Å². The van der Waals surface area contributed by atoms with E-state index >= 15 is 0 Å². The summed E-state index contributed by atoms with van der Waals surface area (Å²) in [6.45, 7) is 2.17. The number of hydrogen-bond donors (Lipinski definition) is 0. The molecule has 0 N–H and O–H groups in total. The molecule has 0 unspecified atom stereocenters. The van der Waals surface area contributed by atoms with Crippen molar-refractivity contribution in [3.63, 3.8) is 0 Å². The Bertz CT molecular complexity index is 1120. The quantitative estimate of drug-likeness (QED) is 0.572. The van der Waals surface area contributed by atoms with Crippen LogP contribution in [0.5, 0.6) is 0 Å². The van der Waals surface area contributed by atoms with Crippen LogP contribution in [0.2, 0.25) is 0 Å². The van der Waals surface area contributed by atoms with Crippen molar-refractivity contribution in [1.29, 1.82) is 0 Å². The average Bonchev–Trinajstić information content (AvgIpc) is 2.99. The molecule has 8 heteroatoms. The van der Waals surface area contributed by atoms with Crippen molar-refractivity contribution >= 4 is 32.6 Å². The standard InChI is InChI=1S/C16H12FN5OS/c1-2-10-14-15(19-6-5-18-14)16(23)22(21-10)8-13-20-11-7-9(17)3-4-12(11)24-13/h3-7H,2,8H2,1H3. The highest BCUT2D eigenvalue weighted by Crippen LogP contribution is 2.23. The average molecular weight is 341 g/mol. The molecule has 0 saturated heterocycles. The number of benzene rings is 1. The molecule has 0 aliphatic heterocycles. The Balaban J connectivity index is 1.83. The number of aryl methyl sites for hydroxylation is 1. The van der Waals surface area contributed by atoms with Gasteiger partial charge in [-0.1, -0.05) is 6.92 Å². The molecule has 120 valence electrons. The number of nitrogens with zero attached hydrogens (tertiary/aromatic N) is 5. The van der Waals surface area contributed by atoms with Gasteiger partial charge in [-0.05, 0) is 18.6 Å². The van der Waals surface area contributed by atoms with Crippen molar-refractivity contribution in [1.82, 2.24) is 24.7 Å². The van der Waals surface area contributed by atoms with Crippen LogP contribution in [0.15, 0.2) is 35.4 Å². The van der Waals surface area contributed by atoms with Crippen molar-refractivity contribution in [3.05, 3.63) is 57.5 Å². The third kappa shape index (κ3) is 2.44. The van der Waals surface area contributed by atoms with E-state index in [-0.39, 0.29) is 17.9 Å². The Morgan fingerprint density at radius 1 is 1.21 bits per heavy atom. The normalized spacial score (nSPS) is 11.4. The molecule has 0 amide bonds. The first-order valence-corrected chi connectivity index (χ1v) is 8.23. The lowest BCUT2D eigenvalue weighted by Crippen LogP contribution is -2.26. The molecule has 0 atom stereocenters. The van der Waals surface area contributed by atoms with Crippen molar-refractivity contribution in [2.75, 3.05) is 0 Å². The predicted molar refractivity (Wildman–Crippen MR) is 89.7 cm³/mol. The summed E-state index contributed by atoms with van der Waals surface area (Å²) in [5.41, 5.74) is 1.83. The third-order valence-electron chi connectivity index (χ3n) is 3.66. The van der Waals surface area contributed by atoms with Crippen LogP contribution >= 0.6 is 11.3 Å². The maximum atomic E-state index is 13.3. The molecule has 0 aliphatic rings. The maximum Gasteiger partial charge on any atom is 0.295 e. The van der Waals surface area contributed by atoms with Crippen LogP contribution < -0.4 is 5.56 Å². The molecular formula is C16H12FN5OS. The summed E-state index contributed by atoms with van der Waals surface area (Å²) in [6, 6.07) is 4.47. The van der Waals surface area contributed by atoms with Gasteiger partial charge in [-0.3, -0.25) is 9.78 Å². The van der Waals surface area contributed by atoms with E-state index in [0.29, 0.717) is 33.7 Å². The van der Waals surface area contributed by atoms with E-state index in [0.717, 1.165) is 4.70 Å². The van der Waals surface area contributed by atoms with Crippen LogP contribution in [0.1, 0.15) is 17.6 Å². The molecule has 6 nitrogen and oxygen atoms in total. The van der Waals surface area contributed by atoms with Gasteiger partial charge in [0.05, 0.1) is 22.5 Å². The van der Waals surface area contributed by atoms with Gasteiger partial charge in [0.2, 0.25) is 0 Å². The summed E-state index contributed by atoms with van der Waals surface area (Å²) in [7, 11) is 0. The maximum absolute atomic E-state index is 13.3. The molecule has 0 fully saturated rings. The zero-order valence-electron chi connectivity index (χ0n) is 12.7. The summed E-state index contributed by atoms with van der Waals surface area (Å²) >= 11 is 1.41. The van der Waals surface area contributed by atoms with E-state index in [1.54, 1.807) is 12.3 Å². The fraction of sp³-hybridized carbons (Fsp3) is 0.188. The van der Waals surface area contributed by atoms with Gasteiger partial charge >= 0.3 is 0 Å². The Labute approximate surface area is 139 Å². The molecular weight excluding hydrogens is 329 g/mol. The van der Waals surface area contributed by atoms with Gasteiger partial charge in [0, 0.05) is 18.5 Å². The molecule has 1 aromatic carbocycles. The van der Waals surface area contributed by atoms with Crippen molar-refractivity contribution in [3.8, 4) is 0 Å². The molecule has 3 aromatic heterocycles. The van der Waals surface area contributed by atoms with Gasteiger partial charge in [-0.2, -0.15) is 5.10 Å². The summed E-state index contributed by atoms with van der Waals surface area (Å²) in [6.07, 6.45) is 3.68. The lowest BCUT2D eigenvalue weighted by Gasteiger charge is -2.07. The van der Waals surface area contributed by atoms with Gasteiger partial charge in [0.25, 0.3) is 5.56 Å². The third-order valence-corrected chi connectivity index (χ3v) is 4.68. The van der Waals surface area contributed by atoms with Crippen LogP contribution in [-0.4, -0.2) is 24.7 Å². The van der Waals surface area contributed by atoms with E-state index in [9.17, 15) is 9.18 Å². The SMILES string of the molecule is CCc1nn(Cc2nc3cc(F)ccc3s2)c(=O)c2nccnc12. The number of rotatable bonds is 3. The summed E-state index contributed by atoms with van der Waals surface area (Å²) < 4.78 is 15.5. The fourth-order valence-corrected chi connectivity index (χ4v) is 3.49. The lowest BCUT2D eigenvalue weighted by atomic mass is 10.2. The zero-order valence-corrected chi connectivity index (χ0v) is 13.5. The van der Waals surface area contributed by atoms with Crippen LogP contribution in [0.4, 0.5) is 4.39 Å². The second-order valence-corrected chi connectivity index (χ2v) is 6.35.